The molecule has 0 aliphatic carbocycles. The molecule has 0 bridgehead atoms. The zero-order valence-electron chi connectivity index (χ0n) is 12.9. The summed E-state index contributed by atoms with van der Waals surface area (Å²) in [5, 5.41) is 2.70. The van der Waals surface area contributed by atoms with Gasteiger partial charge in [-0.05, 0) is 46.1 Å². The molecule has 1 amide bonds. The zero-order valence-corrected chi connectivity index (χ0v) is 12.9. The van der Waals surface area contributed by atoms with Gasteiger partial charge >= 0.3 is 6.09 Å². The van der Waals surface area contributed by atoms with Crippen LogP contribution in [0.15, 0.2) is 24.3 Å². The highest BCUT2D eigenvalue weighted by atomic mass is 16.6. The highest BCUT2D eigenvalue weighted by Crippen LogP contribution is 2.08. The van der Waals surface area contributed by atoms with Crippen LogP contribution in [0.3, 0.4) is 0 Å². The molecule has 0 saturated carbocycles. The molecule has 0 fully saturated rings. The summed E-state index contributed by atoms with van der Waals surface area (Å²) in [6.45, 7) is 8.02. The van der Waals surface area contributed by atoms with E-state index in [2.05, 4.69) is 36.5 Å². The Hall–Kier alpha value is -1.55. The van der Waals surface area contributed by atoms with E-state index in [0.717, 1.165) is 12.8 Å². The van der Waals surface area contributed by atoms with Crippen LogP contribution in [0, 0.1) is 6.92 Å². The molecule has 1 unspecified atom stereocenters. The van der Waals surface area contributed by atoms with Gasteiger partial charge in [0.25, 0.3) is 0 Å². The van der Waals surface area contributed by atoms with Gasteiger partial charge in [-0.15, -0.1) is 0 Å². The van der Waals surface area contributed by atoms with Gasteiger partial charge in [0.2, 0.25) is 0 Å². The molecule has 1 aromatic rings. The largest absolute Gasteiger partial charge is 0.444 e. The maximum atomic E-state index is 11.5. The van der Waals surface area contributed by atoms with Gasteiger partial charge in [0.1, 0.15) is 5.60 Å². The van der Waals surface area contributed by atoms with E-state index in [0.29, 0.717) is 6.54 Å². The van der Waals surface area contributed by atoms with Crippen molar-refractivity contribution in [3.8, 4) is 0 Å². The van der Waals surface area contributed by atoms with Crippen LogP contribution in [0.2, 0.25) is 0 Å². The van der Waals surface area contributed by atoms with Gasteiger partial charge in [0, 0.05) is 12.6 Å². The molecule has 0 aliphatic rings. The number of nitrogens with one attached hydrogen (secondary N) is 1. The fourth-order valence-corrected chi connectivity index (χ4v) is 1.85. The van der Waals surface area contributed by atoms with Crippen LogP contribution in [-0.2, 0) is 11.2 Å². The minimum Gasteiger partial charge on any atom is -0.444 e. The van der Waals surface area contributed by atoms with E-state index >= 15 is 0 Å². The summed E-state index contributed by atoms with van der Waals surface area (Å²) in [6.07, 6.45) is 1.33. The molecule has 0 aliphatic heterocycles. The maximum absolute atomic E-state index is 11.5. The van der Waals surface area contributed by atoms with E-state index in [9.17, 15) is 4.79 Å². The van der Waals surface area contributed by atoms with Crippen LogP contribution >= 0.6 is 0 Å². The third-order valence-electron chi connectivity index (χ3n) is 2.79. The zero-order chi connectivity index (χ0) is 15.2. The van der Waals surface area contributed by atoms with Crippen molar-refractivity contribution < 1.29 is 9.53 Å². The number of benzene rings is 1. The fourth-order valence-electron chi connectivity index (χ4n) is 1.85. The van der Waals surface area contributed by atoms with E-state index in [1.807, 2.05) is 20.8 Å². The highest BCUT2D eigenvalue weighted by molar-refractivity contribution is 5.67. The number of rotatable bonds is 5. The monoisotopic (exact) mass is 278 g/mol. The Labute approximate surface area is 121 Å². The van der Waals surface area contributed by atoms with Gasteiger partial charge in [-0.25, -0.2) is 4.79 Å². The number of amides is 1. The van der Waals surface area contributed by atoms with Gasteiger partial charge < -0.3 is 15.8 Å². The van der Waals surface area contributed by atoms with Gasteiger partial charge in [0.05, 0.1) is 0 Å². The lowest BCUT2D eigenvalue weighted by atomic mass is 10.0. The Bertz CT molecular complexity index is 438. The first-order chi connectivity index (χ1) is 9.26. The molecular formula is C16H26N2O2. The Morgan fingerprint density at radius 2 is 2.10 bits per heavy atom. The summed E-state index contributed by atoms with van der Waals surface area (Å²) >= 11 is 0. The number of hydrogen-bond donors (Lipinski definition) is 2. The molecule has 1 atom stereocenters. The first-order valence-electron chi connectivity index (χ1n) is 7.04. The van der Waals surface area contributed by atoms with Crippen molar-refractivity contribution in [2.45, 2.75) is 52.2 Å². The van der Waals surface area contributed by atoms with Crippen molar-refractivity contribution >= 4 is 6.09 Å². The SMILES string of the molecule is Cc1cccc(CCC(N)CNC(=O)OC(C)(C)C)c1. The summed E-state index contributed by atoms with van der Waals surface area (Å²) in [5.74, 6) is 0. The van der Waals surface area contributed by atoms with Gasteiger partial charge in [-0.1, -0.05) is 29.8 Å². The molecule has 0 radical (unpaired) electrons. The predicted molar refractivity (Wildman–Crippen MR) is 81.7 cm³/mol. The molecule has 0 spiro atoms. The summed E-state index contributed by atoms with van der Waals surface area (Å²) in [7, 11) is 0. The van der Waals surface area contributed by atoms with Gasteiger partial charge in [-0.3, -0.25) is 0 Å². The number of carbonyl (C=O) groups excluding carboxylic acids is 1. The number of nitrogens with two attached hydrogens (primary N) is 1. The molecule has 0 heterocycles. The normalized spacial score (nSPS) is 12.8. The topological polar surface area (TPSA) is 64.3 Å². The average molecular weight is 278 g/mol. The average Bonchev–Trinajstić information content (AvgIpc) is 2.32. The molecule has 1 rings (SSSR count). The van der Waals surface area contributed by atoms with Crippen molar-refractivity contribution in [2.75, 3.05) is 6.54 Å². The van der Waals surface area contributed by atoms with E-state index in [4.69, 9.17) is 10.5 Å². The second kappa shape index (κ2) is 7.29. The molecule has 20 heavy (non-hydrogen) atoms. The van der Waals surface area contributed by atoms with Crippen molar-refractivity contribution in [3.05, 3.63) is 35.4 Å². The van der Waals surface area contributed by atoms with Crippen molar-refractivity contribution in [1.29, 1.82) is 0 Å². The lowest BCUT2D eigenvalue weighted by Gasteiger charge is -2.20. The number of ether oxygens (including phenoxy) is 1. The molecule has 1 aromatic carbocycles. The van der Waals surface area contributed by atoms with Gasteiger partial charge in [0.15, 0.2) is 0 Å². The van der Waals surface area contributed by atoms with Crippen molar-refractivity contribution in [1.82, 2.24) is 5.32 Å². The second-order valence-electron chi connectivity index (χ2n) is 6.17. The predicted octanol–water partition coefficient (Wildman–Crippen LogP) is 2.78. The quantitative estimate of drug-likeness (QED) is 0.870. The Kier molecular flexibility index (Phi) is 6.02. The van der Waals surface area contributed by atoms with Crippen LogP contribution in [0.25, 0.3) is 0 Å². The van der Waals surface area contributed by atoms with E-state index in [1.54, 1.807) is 0 Å². The summed E-state index contributed by atoms with van der Waals surface area (Å²) in [5.41, 5.74) is 8.05. The van der Waals surface area contributed by atoms with Crippen LogP contribution < -0.4 is 11.1 Å². The van der Waals surface area contributed by atoms with Crippen LogP contribution in [-0.4, -0.2) is 24.3 Å². The smallest absolute Gasteiger partial charge is 0.407 e. The lowest BCUT2D eigenvalue weighted by Crippen LogP contribution is -2.40. The number of alkyl carbamates (subject to hydrolysis) is 1. The fraction of sp³-hybridized carbons (Fsp3) is 0.562. The summed E-state index contributed by atoms with van der Waals surface area (Å²) in [4.78, 5) is 11.5. The highest BCUT2D eigenvalue weighted by Gasteiger charge is 2.16. The first kappa shape index (κ1) is 16.5. The molecule has 3 N–H and O–H groups in total. The van der Waals surface area contributed by atoms with Crippen LogP contribution in [0.4, 0.5) is 4.79 Å². The Morgan fingerprint density at radius 1 is 1.40 bits per heavy atom. The van der Waals surface area contributed by atoms with Crippen molar-refractivity contribution in [3.63, 3.8) is 0 Å². The Morgan fingerprint density at radius 3 is 2.70 bits per heavy atom. The maximum Gasteiger partial charge on any atom is 0.407 e. The summed E-state index contributed by atoms with van der Waals surface area (Å²) < 4.78 is 5.16. The van der Waals surface area contributed by atoms with E-state index in [-0.39, 0.29) is 6.04 Å². The molecule has 4 heteroatoms. The third kappa shape index (κ3) is 7.14. The molecule has 0 saturated heterocycles. The molecule has 0 aromatic heterocycles. The van der Waals surface area contributed by atoms with Gasteiger partial charge in [-0.2, -0.15) is 0 Å². The number of hydrogen-bond acceptors (Lipinski definition) is 3. The minimum atomic E-state index is -0.476. The third-order valence-corrected chi connectivity index (χ3v) is 2.79. The number of carbonyl (C=O) groups is 1. The lowest BCUT2D eigenvalue weighted by molar-refractivity contribution is 0.0524. The van der Waals surface area contributed by atoms with Crippen LogP contribution in [0.5, 0.6) is 0 Å². The first-order valence-corrected chi connectivity index (χ1v) is 7.04. The minimum absolute atomic E-state index is 0.0666. The molecular weight excluding hydrogens is 252 g/mol. The van der Waals surface area contributed by atoms with Crippen LogP contribution in [0.1, 0.15) is 38.3 Å². The van der Waals surface area contributed by atoms with E-state index < -0.39 is 11.7 Å². The Balaban J connectivity index is 2.27. The second-order valence-corrected chi connectivity index (χ2v) is 6.17. The number of aryl methyl sites for hydroxylation is 2. The standard InChI is InChI=1S/C16H26N2O2/c1-12-6-5-7-13(10-12)8-9-14(17)11-18-15(19)20-16(2,3)4/h5-7,10,14H,8-9,11,17H2,1-4H3,(H,18,19). The summed E-state index contributed by atoms with van der Waals surface area (Å²) in [6, 6.07) is 8.32. The molecule has 4 nitrogen and oxygen atoms in total. The van der Waals surface area contributed by atoms with E-state index in [1.165, 1.54) is 11.1 Å². The van der Waals surface area contributed by atoms with Crippen molar-refractivity contribution in [2.24, 2.45) is 5.73 Å². The molecule has 112 valence electrons.